The molecule has 1 atom stereocenters. The van der Waals surface area contributed by atoms with Crippen LogP contribution in [0, 0.1) is 24.5 Å². The zero-order chi connectivity index (χ0) is 15.4. The van der Waals surface area contributed by atoms with Crippen molar-refractivity contribution in [3.05, 3.63) is 28.3 Å². The Balaban J connectivity index is 2.89. The van der Waals surface area contributed by atoms with Crippen molar-refractivity contribution in [2.45, 2.75) is 26.8 Å². The standard InChI is InChI=1S/C13H17ClF2N2O2/c1-6(2)10(5-19)17-13(20)18-12-9(15)4-8(14)7(3)11(12)16/h4,6,10,19H,5H2,1-3H3,(H2,17,18,20)/t10-/m1/s1. The van der Waals surface area contributed by atoms with E-state index in [9.17, 15) is 13.6 Å². The van der Waals surface area contributed by atoms with Gasteiger partial charge in [-0.15, -0.1) is 0 Å². The monoisotopic (exact) mass is 306 g/mol. The molecule has 20 heavy (non-hydrogen) atoms. The summed E-state index contributed by atoms with van der Waals surface area (Å²) in [4.78, 5) is 11.7. The Morgan fingerprint density at radius 2 is 2.05 bits per heavy atom. The summed E-state index contributed by atoms with van der Waals surface area (Å²) in [5, 5.41) is 13.6. The third kappa shape index (κ3) is 3.80. The predicted molar refractivity (Wildman–Crippen MR) is 74.0 cm³/mol. The van der Waals surface area contributed by atoms with Crippen LogP contribution in [0.2, 0.25) is 5.02 Å². The van der Waals surface area contributed by atoms with Crippen LogP contribution in [0.5, 0.6) is 0 Å². The fraction of sp³-hybridized carbons (Fsp3) is 0.462. The molecule has 0 aliphatic carbocycles. The molecular formula is C13H17ClF2N2O2. The van der Waals surface area contributed by atoms with Crippen molar-refractivity contribution < 1.29 is 18.7 Å². The van der Waals surface area contributed by atoms with Gasteiger partial charge in [0.15, 0.2) is 11.6 Å². The molecule has 4 nitrogen and oxygen atoms in total. The lowest BCUT2D eigenvalue weighted by molar-refractivity contribution is 0.204. The van der Waals surface area contributed by atoms with Gasteiger partial charge in [0, 0.05) is 10.6 Å². The molecule has 1 aromatic rings. The van der Waals surface area contributed by atoms with Gasteiger partial charge in [0.2, 0.25) is 0 Å². The molecule has 1 aromatic carbocycles. The first-order chi connectivity index (χ1) is 9.27. The van der Waals surface area contributed by atoms with Crippen LogP contribution in [0.3, 0.4) is 0 Å². The maximum absolute atomic E-state index is 13.8. The second kappa shape index (κ2) is 6.85. The molecule has 0 saturated heterocycles. The summed E-state index contributed by atoms with van der Waals surface area (Å²) in [6.45, 7) is 4.71. The van der Waals surface area contributed by atoms with Crippen LogP contribution in [0.15, 0.2) is 6.07 Å². The van der Waals surface area contributed by atoms with Crippen LogP contribution >= 0.6 is 11.6 Å². The lowest BCUT2D eigenvalue weighted by Crippen LogP contribution is -2.43. The minimum atomic E-state index is -0.960. The molecule has 3 N–H and O–H groups in total. The Kier molecular flexibility index (Phi) is 5.71. The molecule has 1 rings (SSSR count). The average molecular weight is 307 g/mol. The van der Waals surface area contributed by atoms with Gasteiger partial charge in [-0.05, 0) is 18.9 Å². The third-order valence-corrected chi connectivity index (χ3v) is 3.35. The second-order valence-corrected chi connectivity index (χ2v) is 5.19. The first-order valence-corrected chi connectivity index (χ1v) is 6.48. The molecule has 112 valence electrons. The molecule has 0 aromatic heterocycles. The van der Waals surface area contributed by atoms with E-state index < -0.39 is 29.4 Å². The molecule has 0 spiro atoms. The highest BCUT2D eigenvalue weighted by atomic mass is 35.5. The number of halogens is 3. The number of aliphatic hydroxyl groups is 1. The van der Waals surface area contributed by atoms with Gasteiger partial charge < -0.3 is 15.7 Å². The summed E-state index contributed by atoms with van der Waals surface area (Å²) in [6, 6.07) is -0.367. The number of benzene rings is 1. The number of nitrogens with one attached hydrogen (secondary N) is 2. The number of carbonyl (C=O) groups excluding carboxylic acids is 1. The fourth-order valence-corrected chi connectivity index (χ4v) is 1.72. The minimum absolute atomic E-state index is 0.0209. The Bertz CT molecular complexity index is 510. The van der Waals surface area contributed by atoms with Crippen LogP contribution in [0.4, 0.5) is 19.3 Å². The normalized spacial score (nSPS) is 12.4. The van der Waals surface area contributed by atoms with E-state index in [0.717, 1.165) is 6.07 Å². The Labute approximate surface area is 121 Å². The number of carbonyl (C=O) groups is 1. The van der Waals surface area contributed by atoms with E-state index in [1.54, 1.807) is 13.8 Å². The van der Waals surface area contributed by atoms with Crippen molar-refractivity contribution in [3.63, 3.8) is 0 Å². The molecule has 0 aliphatic rings. The van der Waals surface area contributed by atoms with E-state index in [1.807, 2.05) is 0 Å². The lowest BCUT2D eigenvalue weighted by Gasteiger charge is -2.20. The van der Waals surface area contributed by atoms with E-state index in [-0.39, 0.29) is 23.1 Å². The van der Waals surface area contributed by atoms with Crippen molar-refractivity contribution >= 4 is 23.3 Å². The molecule has 0 aliphatic heterocycles. The maximum Gasteiger partial charge on any atom is 0.319 e. The van der Waals surface area contributed by atoms with Gasteiger partial charge in [-0.1, -0.05) is 25.4 Å². The molecule has 0 bridgehead atoms. The second-order valence-electron chi connectivity index (χ2n) is 4.79. The van der Waals surface area contributed by atoms with Gasteiger partial charge in [-0.2, -0.15) is 0 Å². The van der Waals surface area contributed by atoms with Gasteiger partial charge in [0.05, 0.1) is 12.6 Å². The van der Waals surface area contributed by atoms with Crippen LogP contribution in [0.25, 0.3) is 0 Å². The van der Waals surface area contributed by atoms with Crippen molar-refractivity contribution in [3.8, 4) is 0 Å². The number of rotatable bonds is 4. The highest BCUT2D eigenvalue weighted by Crippen LogP contribution is 2.28. The van der Waals surface area contributed by atoms with Gasteiger partial charge in [-0.25, -0.2) is 13.6 Å². The smallest absolute Gasteiger partial charge is 0.319 e. The van der Waals surface area contributed by atoms with Gasteiger partial charge in [0.1, 0.15) is 5.69 Å². The topological polar surface area (TPSA) is 61.4 Å². The first kappa shape index (κ1) is 16.7. The van der Waals surface area contributed by atoms with Gasteiger partial charge in [-0.3, -0.25) is 0 Å². The quantitative estimate of drug-likeness (QED) is 0.800. The van der Waals surface area contributed by atoms with Crippen molar-refractivity contribution in [1.82, 2.24) is 5.32 Å². The molecule has 7 heteroatoms. The summed E-state index contributed by atoms with van der Waals surface area (Å²) in [7, 11) is 0. The van der Waals surface area contributed by atoms with Crippen molar-refractivity contribution in [1.29, 1.82) is 0 Å². The highest BCUT2D eigenvalue weighted by Gasteiger charge is 2.20. The number of aliphatic hydroxyl groups excluding tert-OH is 1. The molecular weight excluding hydrogens is 290 g/mol. The first-order valence-electron chi connectivity index (χ1n) is 6.10. The largest absolute Gasteiger partial charge is 0.394 e. The Hall–Kier alpha value is -1.40. The number of anilines is 1. The van der Waals surface area contributed by atoms with E-state index in [1.165, 1.54) is 6.92 Å². The summed E-state index contributed by atoms with van der Waals surface area (Å²) in [5.41, 5.74) is -0.518. The third-order valence-electron chi connectivity index (χ3n) is 2.96. The highest BCUT2D eigenvalue weighted by molar-refractivity contribution is 6.31. The molecule has 0 unspecified atom stereocenters. The zero-order valence-electron chi connectivity index (χ0n) is 11.4. The van der Waals surface area contributed by atoms with E-state index in [0.29, 0.717) is 0 Å². The van der Waals surface area contributed by atoms with Crippen LogP contribution in [0.1, 0.15) is 19.4 Å². The van der Waals surface area contributed by atoms with Crippen LogP contribution in [-0.4, -0.2) is 23.8 Å². The van der Waals surface area contributed by atoms with Gasteiger partial charge in [0.25, 0.3) is 0 Å². The molecule has 0 heterocycles. The number of hydrogen-bond donors (Lipinski definition) is 3. The average Bonchev–Trinajstić information content (AvgIpc) is 2.38. The van der Waals surface area contributed by atoms with Crippen molar-refractivity contribution in [2.75, 3.05) is 11.9 Å². The van der Waals surface area contributed by atoms with E-state index >= 15 is 0 Å². The summed E-state index contributed by atoms with van der Waals surface area (Å²) >= 11 is 5.63. The molecule has 0 radical (unpaired) electrons. The summed E-state index contributed by atoms with van der Waals surface area (Å²) in [6.07, 6.45) is 0. The predicted octanol–water partition coefficient (Wildman–Crippen LogP) is 3.07. The van der Waals surface area contributed by atoms with E-state index in [2.05, 4.69) is 10.6 Å². The Morgan fingerprint density at radius 3 is 2.55 bits per heavy atom. The fourth-order valence-electron chi connectivity index (χ4n) is 1.54. The number of urea groups is 1. The summed E-state index contributed by atoms with van der Waals surface area (Å²) < 4.78 is 27.5. The number of hydrogen-bond acceptors (Lipinski definition) is 2. The van der Waals surface area contributed by atoms with Crippen molar-refractivity contribution in [2.24, 2.45) is 5.92 Å². The molecule has 0 saturated carbocycles. The molecule has 0 fully saturated rings. The zero-order valence-corrected chi connectivity index (χ0v) is 12.2. The minimum Gasteiger partial charge on any atom is -0.394 e. The lowest BCUT2D eigenvalue weighted by atomic mass is 10.1. The maximum atomic E-state index is 13.8. The van der Waals surface area contributed by atoms with Gasteiger partial charge >= 0.3 is 6.03 Å². The Morgan fingerprint density at radius 1 is 1.45 bits per heavy atom. The molecule has 2 amide bonds. The number of amides is 2. The van der Waals surface area contributed by atoms with Crippen LogP contribution < -0.4 is 10.6 Å². The SMILES string of the molecule is Cc1c(Cl)cc(F)c(NC(=O)N[C@H](CO)C(C)C)c1F. The van der Waals surface area contributed by atoms with Crippen LogP contribution in [-0.2, 0) is 0 Å². The van der Waals surface area contributed by atoms with E-state index in [4.69, 9.17) is 16.7 Å². The summed E-state index contributed by atoms with van der Waals surface area (Å²) in [5.74, 6) is -1.90.